The number of carboxylic acid groups (broad SMARTS) is 1. The molecule has 2 fully saturated rings. The molecule has 2 aliphatic rings. The van der Waals surface area contributed by atoms with Crippen LogP contribution in [-0.4, -0.2) is 63.1 Å². The highest BCUT2D eigenvalue weighted by Crippen LogP contribution is 2.43. The van der Waals surface area contributed by atoms with E-state index in [0.29, 0.717) is 6.54 Å². The van der Waals surface area contributed by atoms with E-state index in [1.54, 1.807) is 13.0 Å². The number of carbonyl (C=O) groups excluding carboxylic acids is 1. The van der Waals surface area contributed by atoms with Crippen LogP contribution in [0.1, 0.15) is 41.1 Å². The van der Waals surface area contributed by atoms with Crippen molar-refractivity contribution in [3.63, 3.8) is 0 Å². The van der Waals surface area contributed by atoms with Crippen molar-refractivity contribution in [3.05, 3.63) is 88.2 Å². The number of hydrogen-bond acceptors (Lipinski definition) is 9. The van der Waals surface area contributed by atoms with Gasteiger partial charge in [0, 0.05) is 24.5 Å². The third-order valence-electron chi connectivity index (χ3n) is 6.24. The fraction of sp³-hybridized carbons (Fsp3) is 0.346. The molecule has 1 unspecified atom stereocenters. The molecule has 2 aliphatic heterocycles. The van der Waals surface area contributed by atoms with Gasteiger partial charge in [-0.2, -0.15) is 4.98 Å². The Kier molecular flexibility index (Phi) is 7.93. The molecule has 3 aromatic rings. The van der Waals surface area contributed by atoms with E-state index in [9.17, 15) is 19.5 Å². The molecule has 3 N–H and O–H groups in total. The van der Waals surface area contributed by atoms with E-state index in [2.05, 4.69) is 20.6 Å². The minimum Gasteiger partial charge on any atom is -0.478 e. The van der Waals surface area contributed by atoms with Gasteiger partial charge in [-0.1, -0.05) is 30.3 Å². The predicted molar refractivity (Wildman–Crippen MR) is 135 cm³/mol. The number of carboxylic acids is 1. The summed E-state index contributed by atoms with van der Waals surface area (Å²) in [5.41, 5.74) is 0.472. The summed E-state index contributed by atoms with van der Waals surface area (Å²) in [7, 11) is 0. The number of nitrogens with zero attached hydrogens (tertiary/aromatic N) is 3. The molecule has 0 bridgehead atoms. The van der Waals surface area contributed by atoms with Crippen LogP contribution in [-0.2, 0) is 25.6 Å². The van der Waals surface area contributed by atoms with Gasteiger partial charge in [0.25, 0.3) is 0 Å². The largest absolute Gasteiger partial charge is 0.478 e. The quantitative estimate of drug-likeness (QED) is 0.368. The van der Waals surface area contributed by atoms with Crippen LogP contribution in [0.2, 0.25) is 0 Å². The summed E-state index contributed by atoms with van der Waals surface area (Å²) in [6, 6.07) is 13.4. The van der Waals surface area contributed by atoms with Crippen LogP contribution in [0.3, 0.4) is 0 Å². The summed E-state index contributed by atoms with van der Waals surface area (Å²) < 4.78 is 25.7. The van der Waals surface area contributed by atoms with Crippen molar-refractivity contribution in [1.29, 1.82) is 0 Å². The van der Waals surface area contributed by atoms with Crippen molar-refractivity contribution in [2.24, 2.45) is 0 Å². The van der Waals surface area contributed by atoms with Gasteiger partial charge in [0.1, 0.15) is 24.1 Å². The lowest BCUT2D eigenvalue weighted by Crippen LogP contribution is -2.35. The minimum atomic E-state index is -1.10. The average Bonchev–Trinajstić information content (AvgIpc) is 3.50. The van der Waals surface area contributed by atoms with Gasteiger partial charge >= 0.3 is 17.7 Å². The third-order valence-corrected chi connectivity index (χ3v) is 6.24. The number of hydrogen-bond donors (Lipinski definition) is 3. The van der Waals surface area contributed by atoms with Crippen LogP contribution < -0.4 is 16.3 Å². The number of carbonyl (C=O) groups is 2. The Labute approximate surface area is 222 Å². The zero-order chi connectivity index (χ0) is 27.4. The molecule has 13 nitrogen and oxygen atoms in total. The van der Waals surface area contributed by atoms with E-state index in [4.69, 9.17) is 18.9 Å². The zero-order valence-corrected chi connectivity index (χ0v) is 20.9. The van der Waals surface area contributed by atoms with Crippen molar-refractivity contribution in [2.75, 3.05) is 18.5 Å². The molecule has 204 valence electrons. The van der Waals surface area contributed by atoms with E-state index in [1.807, 2.05) is 30.3 Å². The minimum absolute atomic E-state index is 0.0250. The standard InChI is InChI=1S/C26H27N5O8/c1-2-27-25(34)29-19-10-12-31(26(35)30-19)22-21-20(38-24(39-21)15-7-4-3-5-8-15)18(37-22)14-36-13-17-16(23(32)33)9-6-11-28-17/h3-12,18,20-22,24H,2,13-14H2,1H3,(H,32,33)(H2,27,29,30,34,35)/t18-,20?,21+,22-,24+/m1/s1. The predicted octanol–water partition coefficient (Wildman–Crippen LogP) is 2.07. The number of ether oxygens (including phenoxy) is 4. The Bertz CT molecular complexity index is 1380. The highest BCUT2D eigenvalue weighted by molar-refractivity contribution is 5.88. The lowest BCUT2D eigenvalue weighted by atomic mass is 10.1. The number of pyridine rings is 1. The third kappa shape index (κ3) is 5.81. The molecule has 0 aliphatic carbocycles. The van der Waals surface area contributed by atoms with E-state index >= 15 is 0 Å². The Morgan fingerprint density at radius 2 is 1.87 bits per heavy atom. The van der Waals surface area contributed by atoms with Crippen LogP contribution in [0.5, 0.6) is 0 Å². The van der Waals surface area contributed by atoms with Gasteiger partial charge in [-0.05, 0) is 25.1 Å². The molecule has 0 saturated carbocycles. The topological polar surface area (TPSA) is 163 Å². The van der Waals surface area contributed by atoms with Crippen molar-refractivity contribution in [3.8, 4) is 0 Å². The maximum Gasteiger partial charge on any atom is 0.351 e. The molecular formula is C26H27N5O8. The number of anilines is 1. The van der Waals surface area contributed by atoms with Crippen LogP contribution >= 0.6 is 0 Å². The molecule has 0 radical (unpaired) electrons. The van der Waals surface area contributed by atoms with Crippen molar-refractivity contribution in [1.82, 2.24) is 19.9 Å². The average molecular weight is 538 g/mol. The summed E-state index contributed by atoms with van der Waals surface area (Å²) in [4.78, 5) is 44.3. The Balaban J connectivity index is 1.34. The number of aromatic nitrogens is 3. The van der Waals surface area contributed by atoms with Gasteiger partial charge in [0.2, 0.25) is 0 Å². The molecule has 39 heavy (non-hydrogen) atoms. The van der Waals surface area contributed by atoms with Gasteiger partial charge in [-0.15, -0.1) is 0 Å². The van der Waals surface area contributed by atoms with Crippen LogP contribution in [0.4, 0.5) is 10.6 Å². The highest BCUT2D eigenvalue weighted by atomic mass is 16.8. The molecular weight excluding hydrogens is 510 g/mol. The normalized spacial score (nSPS) is 23.8. The molecule has 2 aromatic heterocycles. The fourth-order valence-electron chi connectivity index (χ4n) is 4.48. The first kappa shape index (κ1) is 26.4. The summed E-state index contributed by atoms with van der Waals surface area (Å²) in [5.74, 6) is -1.01. The molecule has 2 saturated heterocycles. The molecule has 2 amide bonds. The molecule has 0 spiro atoms. The van der Waals surface area contributed by atoms with Crippen LogP contribution in [0, 0.1) is 0 Å². The maximum atomic E-state index is 12.9. The second-order valence-corrected chi connectivity index (χ2v) is 8.81. The lowest BCUT2D eigenvalue weighted by Gasteiger charge is -2.22. The zero-order valence-electron chi connectivity index (χ0n) is 20.9. The van der Waals surface area contributed by atoms with Gasteiger partial charge in [0.15, 0.2) is 12.5 Å². The Morgan fingerprint density at radius 1 is 1.08 bits per heavy atom. The smallest absolute Gasteiger partial charge is 0.351 e. The van der Waals surface area contributed by atoms with Crippen molar-refractivity contribution < 1.29 is 33.6 Å². The summed E-state index contributed by atoms with van der Waals surface area (Å²) >= 11 is 0. The number of nitrogens with one attached hydrogen (secondary N) is 2. The monoisotopic (exact) mass is 537 g/mol. The van der Waals surface area contributed by atoms with Gasteiger partial charge in [-0.25, -0.2) is 14.4 Å². The fourth-order valence-corrected chi connectivity index (χ4v) is 4.48. The van der Waals surface area contributed by atoms with Crippen molar-refractivity contribution >= 4 is 17.8 Å². The SMILES string of the molecule is CCNC(=O)Nc1ccn([C@@H]2O[C@H](COCc3ncccc3C(=O)O)C3O[C@H](c4ccccc4)O[C@@H]32)c(=O)n1. The summed E-state index contributed by atoms with van der Waals surface area (Å²) in [5, 5.41) is 14.5. The lowest BCUT2D eigenvalue weighted by molar-refractivity contribution is -0.159. The molecule has 13 heteroatoms. The van der Waals surface area contributed by atoms with Gasteiger partial charge in [0.05, 0.1) is 24.5 Å². The van der Waals surface area contributed by atoms with Crippen molar-refractivity contribution in [2.45, 2.75) is 44.4 Å². The van der Waals surface area contributed by atoms with Gasteiger partial charge in [-0.3, -0.25) is 14.9 Å². The summed E-state index contributed by atoms with van der Waals surface area (Å²) in [6.45, 7) is 2.15. The number of fused-ring (bicyclic) bond motifs is 1. The Hall–Kier alpha value is -4.17. The number of aromatic carboxylic acids is 1. The number of benzene rings is 1. The second kappa shape index (κ2) is 11.7. The van der Waals surface area contributed by atoms with E-state index in [0.717, 1.165) is 5.56 Å². The molecule has 5 rings (SSSR count). The maximum absolute atomic E-state index is 12.9. The van der Waals surface area contributed by atoms with Crippen LogP contribution in [0.15, 0.2) is 65.7 Å². The van der Waals surface area contributed by atoms with E-state index < -0.39 is 48.5 Å². The molecule has 1 aromatic carbocycles. The number of urea groups is 1. The Morgan fingerprint density at radius 3 is 2.62 bits per heavy atom. The molecule has 4 heterocycles. The van der Waals surface area contributed by atoms with E-state index in [-0.39, 0.29) is 30.3 Å². The number of amides is 2. The second-order valence-electron chi connectivity index (χ2n) is 8.81. The first-order chi connectivity index (χ1) is 18.9. The highest BCUT2D eigenvalue weighted by Gasteiger charge is 2.54. The van der Waals surface area contributed by atoms with E-state index in [1.165, 1.54) is 29.1 Å². The van der Waals surface area contributed by atoms with Gasteiger partial charge < -0.3 is 29.4 Å². The molecule has 5 atom stereocenters. The number of rotatable bonds is 9. The first-order valence-electron chi connectivity index (χ1n) is 12.3. The first-order valence-corrected chi connectivity index (χ1v) is 12.3. The summed E-state index contributed by atoms with van der Waals surface area (Å²) in [6.07, 6.45) is -0.532. The van der Waals surface area contributed by atoms with Crippen LogP contribution in [0.25, 0.3) is 0 Å².